The fourth-order valence-corrected chi connectivity index (χ4v) is 1.94. The molecule has 3 N–H and O–H groups in total. The van der Waals surface area contributed by atoms with Crippen molar-refractivity contribution < 1.29 is 37.0 Å². The second-order valence-corrected chi connectivity index (χ2v) is 5.02. The van der Waals surface area contributed by atoms with Gasteiger partial charge in [-0.3, -0.25) is 9.59 Å². The van der Waals surface area contributed by atoms with Crippen LogP contribution in [0.3, 0.4) is 0 Å². The maximum atomic E-state index is 12.2. The fraction of sp³-hybridized carbons (Fsp3) is 0.467. The van der Waals surface area contributed by atoms with Gasteiger partial charge in [0, 0.05) is 7.11 Å². The molecule has 26 heavy (non-hydrogen) atoms. The number of halogens is 4. The number of amides is 1. The Kier molecular flexibility index (Phi) is 9.99. The minimum absolute atomic E-state index is 0. The van der Waals surface area contributed by atoms with Crippen LogP contribution in [0.5, 0.6) is 5.75 Å². The molecule has 0 spiro atoms. The van der Waals surface area contributed by atoms with Crippen LogP contribution in [-0.4, -0.2) is 45.1 Å². The van der Waals surface area contributed by atoms with Crippen molar-refractivity contribution in [3.05, 3.63) is 29.8 Å². The predicted octanol–water partition coefficient (Wildman–Crippen LogP) is 1.70. The highest BCUT2D eigenvalue weighted by molar-refractivity contribution is 5.85. The summed E-state index contributed by atoms with van der Waals surface area (Å²) >= 11 is 0. The van der Waals surface area contributed by atoms with Crippen LogP contribution in [0, 0.1) is 0 Å². The first-order chi connectivity index (χ1) is 11.7. The van der Waals surface area contributed by atoms with E-state index in [-0.39, 0.29) is 25.4 Å². The summed E-state index contributed by atoms with van der Waals surface area (Å²) < 4.78 is 49.7. The first kappa shape index (κ1) is 24.0. The monoisotopic (exact) mass is 400 g/mol. The summed E-state index contributed by atoms with van der Waals surface area (Å²) in [5.41, 5.74) is 6.00. The second kappa shape index (κ2) is 10.8. The maximum Gasteiger partial charge on any atom is 0.573 e. The van der Waals surface area contributed by atoms with Gasteiger partial charge in [0.05, 0.1) is 26.2 Å². The minimum Gasteiger partial charge on any atom is -0.469 e. The lowest BCUT2D eigenvalue weighted by molar-refractivity contribution is -0.274. The molecular weight excluding hydrogens is 381 g/mol. The van der Waals surface area contributed by atoms with E-state index >= 15 is 0 Å². The molecule has 0 radical (unpaired) electrons. The van der Waals surface area contributed by atoms with Gasteiger partial charge in [-0.2, -0.15) is 0 Å². The molecule has 1 rings (SSSR count). The van der Waals surface area contributed by atoms with Crippen LogP contribution >= 0.6 is 12.4 Å². The fourth-order valence-electron chi connectivity index (χ4n) is 1.94. The third kappa shape index (κ3) is 8.37. The van der Waals surface area contributed by atoms with E-state index in [4.69, 9.17) is 10.5 Å². The Morgan fingerprint density at radius 2 is 1.77 bits per heavy atom. The highest BCUT2D eigenvalue weighted by Gasteiger charge is 2.31. The van der Waals surface area contributed by atoms with Crippen LogP contribution in [0.25, 0.3) is 0 Å². The van der Waals surface area contributed by atoms with E-state index in [0.29, 0.717) is 5.56 Å². The smallest absolute Gasteiger partial charge is 0.469 e. The van der Waals surface area contributed by atoms with Gasteiger partial charge in [0.25, 0.3) is 0 Å². The molecule has 0 aliphatic heterocycles. The van der Waals surface area contributed by atoms with Crippen LogP contribution in [-0.2, 0) is 19.1 Å². The zero-order chi connectivity index (χ0) is 19.0. The van der Waals surface area contributed by atoms with E-state index in [0.717, 1.165) is 12.1 Å². The first-order valence-corrected chi connectivity index (χ1v) is 7.13. The van der Waals surface area contributed by atoms with Crippen molar-refractivity contribution in [3.8, 4) is 5.75 Å². The van der Waals surface area contributed by atoms with Crippen molar-refractivity contribution in [2.45, 2.75) is 24.9 Å². The molecule has 0 aliphatic rings. The number of benzene rings is 1. The number of ether oxygens (including phenoxy) is 3. The highest BCUT2D eigenvalue weighted by Crippen LogP contribution is 2.25. The molecule has 148 valence electrons. The zero-order valence-electron chi connectivity index (χ0n) is 14.0. The van der Waals surface area contributed by atoms with Crippen LogP contribution in [0.15, 0.2) is 24.3 Å². The topological polar surface area (TPSA) is 99.9 Å². The molecule has 1 aromatic rings. The second-order valence-electron chi connectivity index (χ2n) is 5.02. The molecule has 0 saturated heterocycles. The first-order valence-electron chi connectivity index (χ1n) is 7.13. The molecule has 0 saturated carbocycles. The Morgan fingerprint density at radius 3 is 2.23 bits per heavy atom. The van der Waals surface area contributed by atoms with Crippen LogP contribution < -0.4 is 15.8 Å². The number of alkyl halides is 3. The number of hydrogen-bond donors (Lipinski definition) is 2. The van der Waals surface area contributed by atoms with E-state index < -0.39 is 36.1 Å². The van der Waals surface area contributed by atoms with Gasteiger partial charge in [-0.15, -0.1) is 25.6 Å². The van der Waals surface area contributed by atoms with Gasteiger partial charge in [-0.05, 0) is 17.7 Å². The summed E-state index contributed by atoms with van der Waals surface area (Å²) in [5.74, 6) is -1.61. The summed E-state index contributed by atoms with van der Waals surface area (Å²) in [6.07, 6.45) is -5.03. The number of nitrogens with two attached hydrogens (primary N) is 1. The predicted molar refractivity (Wildman–Crippen MR) is 87.7 cm³/mol. The van der Waals surface area contributed by atoms with Gasteiger partial charge < -0.3 is 25.3 Å². The van der Waals surface area contributed by atoms with Gasteiger partial charge in [-0.1, -0.05) is 12.1 Å². The maximum absolute atomic E-state index is 12.2. The molecule has 2 atom stereocenters. The molecule has 0 heterocycles. The number of methoxy groups -OCH3 is 2. The molecule has 0 aromatic heterocycles. The molecule has 0 aliphatic carbocycles. The minimum atomic E-state index is -4.81. The Morgan fingerprint density at radius 1 is 1.19 bits per heavy atom. The quantitative estimate of drug-likeness (QED) is 0.644. The number of esters is 1. The Balaban J connectivity index is 0.00000625. The molecule has 1 aromatic carbocycles. The molecule has 11 heteroatoms. The van der Waals surface area contributed by atoms with Crippen molar-refractivity contribution in [2.75, 3.05) is 20.8 Å². The number of rotatable bonds is 8. The summed E-state index contributed by atoms with van der Waals surface area (Å²) in [6, 6.07) is 2.97. The van der Waals surface area contributed by atoms with Gasteiger partial charge in [0.15, 0.2) is 0 Å². The van der Waals surface area contributed by atoms with Gasteiger partial charge in [0.2, 0.25) is 5.91 Å². The zero-order valence-corrected chi connectivity index (χ0v) is 14.9. The number of carbonyl (C=O) groups excluding carboxylic acids is 2. The van der Waals surface area contributed by atoms with Crippen molar-refractivity contribution in [2.24, 2.45) is 5.73 Å². The van der Waals surface area contributed by atoms with Crippen molar-refractivity contribution in [3.63, 3.8) is 0 Å². The normalized spacial score (nSPS) is 13.2. The highest BCUT2D eigenvalue weighted by atomic mass is 35.5. The standard InChI is InChI=1S/C15H19F3N2O5.ClH/c1-23-8-11(19)14(22)20-12(7-13(21)24-2)9-3-5-10(6-4-9)25-15(16,17)18;/h3-6,11-12H,7-8,19H2,1-2H3,(H,20,22);1H. The third-order valence-electron chi connectivity index (χ3n) is 3.11. The van der Waals surface area contributed by atoms with E-state index in [1.165, 1.54) is 26.4 Å². The Hall–Kier alpha value is -2.04. The molecule has 0 bridgehead atoms. The molecular formula is C15H20ClF3N2O5. The third-order valence-corrected chi connectivity index (χ3v) is 3.11. The van der Waals surface area contributed by atoms with E-state index in [1.807, 2.05) is 0 Å². The van der Waals surface area contributed by atoms with Gasteiger partial charge in [-0.25, -0.2) is 0 Å². The molecule has 0 fully saturated rings. The number of carbonyl (C=O) groups is 2. The largest absolute Gasteiger partial charge is 0.573 e. The molecule has 7 nitrogen and oxygen atoms in total. The van der Waals surface area contributed by atoms with Gasteiger partial charge >= 0.3 is 12.3 Å². The lowest BCUT2D eigenvalue weighted by Gasteiger charge is -2.21. The summed E-state index contributed by atoms with van der Waals surface area (Å²) in [6.45, 7) is -0.0326. The number of nitrogens with one attached hydrogen (secondary N) is 1. The van der Waals surface area contributed by atoms with Crippen molar-refractivity contribution in [1.82, 2.24) is 5.32 Å². The van der Waals surface area contributed by atoms with E-state index in [1.54, 1.807) is 0 Å². The lowest BCUT2D eigenvalue weighted by atomic mass is 10.0. The average molecular weight is 401 g/mol. The molecule has 2 unspecified atom stereocenters. The molecule has 1 amide bonds. The summed E-state index contributed by atoms with van der Waals surface area (Å²) in [4.78, 5) is 23.5. The Bertz CT molecular complexity index is 584. The van der Waals surface area contributed by atoms with Crippen LogP contribution in [0.4, 0.5) is 13.2 Å². The average Bonchev–Trinajstić information content (AvgIpc) is 2.53. The van der Waals surface area contributed by atoms with Gasteiger partial charge in [0.1, 0.15) is 11.8 Å². The van der Waals surface area contributed by atoms with Crippen LogP contribution in [0.2, 0.25) is 0 Å². The number of hydrogen-bond acceptors (Lipinski definition) is 6. The van der Waals surface area contributed by atoms with Crippen molar-refractivity contribution >= 4 is 24.3 Å². The summed E-state index contributed by atoms with van der Waals surface area (Å²) in [7, 11) is 2.55. The summed E-state index contributed by atoms with van der Waals surface area (Å²) in [5, 5.41) is 2.54. The van der Waals surface area contributed by atoms with Crippen molar-refractivity contribution in [1.29, 1.82) is 0 Å². The van der Waals surface area contributed by atoms with E-state index in [9.17, 15) is 22.8 Å². The SMILES string of the molecule is COCC(N)C(=O)NC(CC(=O)OC)c1ccc(OC(F)(F)F)cc1.Cl. The van der Waals surface area contributed by atoms with E-state index in [2.05, 4.69) is 14.8 Å². The lowest BCUT2D eigenvalue weighted by Crippen LogP contribution is -2.45. The Labute approximate surface area is 154 Å². The van der Waals surface area contributed by atoms with Crippen LogP contribution in [0.1, 0.15) is 18.0 Å².